The number of rotatable bonds is 5. The molecule has 3 amide bonds. The quantitative estimate of drug-likeness (QED) is 0.839. The highest BCUT2D eigenvalue weighted by molar-refractivity contribution is 8.15. The standard InChI is InChI=1S/C18H14N2O5S/c21-15(19-12-8-6-11(7-9-12)17(23)24)10-14-16(22)20(18(25)26-14)13-4-2-1-3-5-13/h1-9,14H,10H2,(H,19,21)(H,23,24)/t14-/m0/s1. The van der Waals surface area contributed by atoms with Gasteiger partial charge in [-0.2, -0.15) is 0 Å². The third-order valence-electron chi connectivity index (χ3n) is 3.72. The van der Waals surface area contributed by atoms with Gasteiger partial charge >= 0.3 is 5.97 Å². The molecular formula is C18H14N2O5S. The van der Waals surface area contributed by atoms with Gasteiger partial charge in [-0.05, 0) is 48.2 Å². The van der Waals surface area contributed by atoms with Crippen molar-refractivity contribution in [2.24, 2.45) is 0 Å². The fourth-order valence-corrected chi connectivity index (χ4v) is 3.46. The largest absolute Gasteiger partial charge is 0.478 e. The summed E-state index contributed by atoms with van der Waals surface area (Å²) in [5.41, 5.74) is 0.998. The topological polar surface area (TPSA) is 104 Å². The number of para-hydroxylation sites is 1. The van der Waals surface area contributed by atoms with Crippen LogP contribution < -0.4 is 10.2 Å². The Morgan fingerprint density at radius 2 is 1.69 bits per heavy atom. The van der Waals surface area contributed by atoms with Crippen LogP contribution in [-0.2, 0) is 9.59 Å². The van der Waals surface area contributed by atoms with Crippen molar-refractivity contribution in [2.75, 3.05) is 10.2 Å². The van der Waals surface area contributed by atoms with Gasteiger partial charge in [-0.25, -0.2) is 9.69 Å². The van der Waals surface area contributed by atoms with Gasteiger partial charge in [0, 0.05) is 12.1 Å². The van der Waals surface area contributed by atoms with Crippen LogP contribution in [0.5, 0.6) is 0 Å². The number of carboxylic acids is 1. The molecule has 2 aromatic carbocycles. The van der Waals surface area contributed by atoms with E-state index in [0.717, 1.165) is 16.7 Å². The number of thioether (sulfide) groups is 1. The molecule has 7 nitrogen and oxygen atoms in total. The second-order valence-electron chi connectivity index (χ2n) is 5.52. The number of nitrogens with zero attached hydrogens (tertiary/aromatic N) is 1. The first kappa shape index (κ1) is 17.7. The number of hydrogen-bond acceptors (Lipinski definition) is 5. The first-order valence-corrected chi connectivity index (χ1v) is 8.56. The van der Waals surface area contributed by atoms with Crippen molar-refractivity contribution >= 4 is 46.2 Å². The van der Waals surface area contributed by atoms with Gasteiger partial charge in [-0.15, -0.1) is 0 Å². The first-order valence-electron chi connectivity index (χ1n) is 7.68. The summed E-state index contributed by atoms with van der Waals surface area (Å²) in [5.74, 6) is -1.92. The molecule has 26 heavy (non-hydrogen) atoms. The fraction of sp³-hybridized carbons (Fsp3) is 0.111. The summed E-state index contributed by atoms with van der Waals surface area (Å²) in [5, 5.41) is 10.3. The molecule has 0 saturated carbocycles. The Balaban J connectivity index is 1.63. The average Bonchev–Trinajstić information content (AvgIpc) is 2.89. The van der Waals surface area contributed by atoms with Gasteiger partial charge in [0.05, 0.1) is 11.3 Å². The third kappa shape index (κ3) is 3.75. The molecule has 0 radical (unpaired) electrons. The van der Waals surface area contributed by atoms with Crippen LogP contribution >= 0.6 is 11.8 Å². The zero-order valence-corrected chi connectivity index (χ0v) is 14.2. The number of benzene rings is 2. The van der Waals surface area contributed by atoms with Crippen molar-refractivity contribution in [2.45, 2.75) is 11.7 Å². The summed E-state index contributed by atoms with van der Waals surface area (Å²) in [6.45, 7) is 0. The van der Waals surface area contributed by atoms with E-state index in [2.05, 4.69) is 5.32 Å². The molecule has 0 spiro atoms. The van der Waals surface area contributed by atoms with Gasteiger partial charge in [0.25, 0.3) is 5.24 Å². The Labute approximate surface area is 153 Å². The lowest BCUT2D eigenvalue weighted by Crippen LogP contribution is -2.32. The summed E-state index contributed by atoms with van der Waals surface area (Å²) in [4.78, 5) is 48.6. The summed E-state index contributed by atoms with van der Waals surface area (Å²) in [6.07, 6.45) is -0.154. The van der Waals surface area contributed by atoms with Crippen LogP contribution in [0, 0.1) is 0 Å². The van der Waals surface area contributed by atoms with Gasteiger partial charge in [-0.1, -0.05) is 18.2 Å². The number of anilines is 2. The number of aromatic carboxylic acids is 1. The summed E-state index contributed by atoms with van der Waals surface area (Å²) in [6, 6.07) is 14.2. The van der Waals surface area contributed by atoms with Crippen LogP contribution in [0.4, 0.5) is 16.2 Å². The molecule has 0 aliphatic carbocycles. The molecular weight excluding hydrogens is 356 g/mol. The molecule has 0 bridgehead atoms. The highest BCUT2D eigenvalue weighted by atomic mass is 32.2. The Morgan fingerprint density at radius 3 is 2.31 bits per heavy atom. The van der Waals surface area contributed by atoms with Crippen molar-refractivity contribution in [1.82, 2.24) is 0 Å². The molecule has 2 aromatic rings. The molecule has 8 heteroatoms. The lowest BCUT2D eigenvalue weighted by molar-refractivity contribution is -0.121. The minimum atomic E-state index is -1.06. The predicted octanol–water partition coefficient (Wildman–Crippen LogP) is 2.98. The zero-order valence-electron chi connectivity index (χ0n) is 13.4. The lowest BCUT2D eigenvalue weighted by Gasteiger charge is -2.13. The van der Waals surface area contributed by atoms with Gasteiger partial charge < -0.3 is 10.4 Å². The maximum atomic E-state index is 12.5. The predicted molar refractivity (Wildman–Crippen MR) is 97.4 cm³/mol. The van der Waals surface area contributed by atoms with E-state index in [-0.39, 0.29) is 12.0 Å². The Kier molecular flexibility index (Phi) is 5.04. The molecule has 0 unspecified atom stereocenters. The number of carbonyl (C=O) groups is 4. The van der Waals surface area contributed by atoms with E-state index in [0.29, 0.717) is 11.4 Å². The highest BCUT2D eigenvalue weighted by Gasteiger charge is 2.41. The number of imide groups is 1. The number of nitrogens with one attached hydrogen (secondary N) is 1. The molecule has 1 heterocycles. The normalized spacial score (nSPS) is 16.6. The van der Waals surface area contributed by atoms with Crippen LogP contribution in [0.15, 0.2) is 54.6 Å². The van der Waals surface area contributed by atoms with Crippen molar-refractivity contribution in [3.8, 4) is 0 Å². The molecule has 0 aromatic heterocycles. The molecule has 2 N–H and O–H groups in total. The molecule has 3 rings (SSSR count). The molecule has 1 aliphatic rings. The fourth-order valence-electron chi connectivity index (χ4n) is 2.47. The third-order valence-corrected chi connectivity index (χ3v) is 4.76. The van der Waals surface area contributed by atoms with Crippen molar-refractivity contribution in [1.29, 1.82) is 0 Å². The van der Waals surface area contributed by atoms with E-state index in [1.54, 1.807) is 30.3 Å². The zero-order chi connectivity index (χ0) is 18.7. The lowest BCUT2D eigenvalue weighted by atomic mass is 10.2. The number of hydrogen-bond donors (Lipinski definition) is 2. The second-order valence-corrected chi connectivity index (χ2v) is 6.67. The number of carboxylic acid groups (broad SMARTS) is 1. The van der Waals surface area contributed by atoms with Crippen LogP contribution in [-0.4, -0.2) is 33.4 Å². The minimum absolute atomic E-state index is 0.105. The molecule has 1 aliphatic heterocycles. The number of carbonyl (C=O) groups excluding carboxylic acids is 3. The van der Waals surface area contributed by atoms with E-state index in [4.69, 9.17) is 5.11 Å². The second kappa shape index (κ2) is 7.40. The van der Waals surface area contributed by atoms with Crippen LogP contribution in [0.1, 0.15) is 16.8 Å². The molecule has 1 fully saturated rings. The average molecular weight is 370 g/mol. The molecule has 132 valence electrons. The first-order chi connectivity index (χ1) is 12.5. The van der Waals surface area contributed by atoms with E-state index in [1.165, 1.54) is 24.3 Å². The molecule has 1 saturated heterocycles. The van der Waals surface area contributed by atoms with E-state index < -0.39 is 28.3 Å². The maximum Gasteiger partial charge on any atom is 0.335 e. The smallest absolute Gasteiger partial charge is 0.335 e. The van der Waals surface area contributed by atoms with Crippen molar-refractivity contribution < 1.29 is 24.3 Å². The highest BCUT2D eigenvalue weighted by Crippen LogP contribution is 2.33. The maximum absolute atomic E-state index is 12.5. The minimum Gasteiger partial charge on any atom is -0.478 e. The van der Waals surface area contributed by atoms with Crippen LogP contribution in [0.2, 0.25) is 0 Å². The SMILES string of the molecule is O=C(C[C@@H]1SC(=O)N(c2ccccc2)C1=O)Nc1ccc(C(=O)O)cc1. The monoisotopic (exact) mass is 370 g/mol. The van der Waals surface area contributed by atoms with Gasteiger partial charge in [-0.3, -0.25) is 14.4 Å². The van der Waals surface area contributed by atoms with Gasteiger partial charge in [0.2, 0.25) is 11.8 Å². The summed E-state index contributed by atoms with van der Waals surface area (Å²) < 4.78 is 0. The van der Waals surface area contributed by atoms with Crippen LogP contribution in [0.3, 0.4) is 0 Å². The summed E-state index contributed by atoms with van der Waals surface area (Å²) in [7, 11) is 0. The Bertz CT molecular complexity index is 867. The number of amides is 3. The van der Waals surface area contributed by atoms with Gasteiger partial charge in [0.1, 0.15) is 5.25 Å². The Morgan fingerprint density at radius 1 is 1.04 bits per heavy atom. The van der Waals surface area contributed by atoms with E-state index >= 15 is 0 Å². The van der Waals surface area contributed by atoms with E-state index in [9.17, 15) is 19.2 Å². The van der Waals surface area contributed by atoms with E-state index in [1.807, 2.05) is 0 Å². The summed E-state index contributed by atoms with van der Waals surface area (Å²) >= 11 is 0.821. The molecule has 1 atom stereocenters. The van der Waals surface area contributed by atoms with Crippen LogP contribution in [0.25, 0.3) is 0 Å². The van der Waals surface area contributed by atoms with Crippen molar-refractivity contribution in [3.63, 3.8) is 0 Å². The Hall–Kier alpha value is -3.13. The van der Waals surface area contributed by atoms with Crippen molar-refractivity contribution in [3.05, 3.63) is 60.2 Å². The van der Waals surface area contributed by atoms with Gasteiger partial charge in [0.15, 0.2) is 0 Å².